The number of unbranched alkanes of at least 4 members (excludes halogenated alkanes) is 5. The van der Waals surface area contributed by atoms with Gasteiger partial charge in [0.05, 0.1) is 18.0 Å². The normalized spacial score (nSPS) is 11.1. The lowest BCUT2D eigenvalue weighted by molar-refractivity contribution is 0.304. The quantitative estimate of drug-likeness (QED) is 0.178. The summed E-state index contributed by atoms with van der Waals surface area (Å²) in [6.07, 6.45) is 13.0. The van der Waals surface area contributed by atoms with Crippen LogP contribution in [0.5, 0.6) is 5.75 Å². The highest BCUT2D eigenvalue weighted by atomic mass is 32.1. The van der Waals surface area contributed by atoms with Crippen LogP contribution in [0, 0.1) is 0 Å². The first-order valence-electron chi connectivity index (χ1n) is 10.7. The van der Waals surface area contributed by atoms with Gasteiger partial charge in [-0.1, -0.05) is 39.0 Å². The predicted octanol–water partition coefficient (Wildman–Crippen LogP) is 7.09. The first-order chi connectivity index (χ1) is 14.8. The molecular weight excluding hydrogens is 392 g/mol. The van der Waals surface area contributed by atoms with Crippen LogP contribution in [0.1, 0.15) is 52.4 Å². The third kappa shape index (κ3) is 6.39. The molecule has 3 rings (SSSR count). The summed E-state index contributed by atoms with van der Waals surface area (Å²) >= 11 is 1.56. The minimum atomic E-state index is 0.767. The molecule has 0 aliphatic heterocycles. The zero-order chi connectivity index (χ0) is 21.0. The van der Waals surface area contributed by atoms with Crippen LogP contribution in [0.15, 0.2) is 59.3 Å². The Kier molecular flexibility index (Phi) is 8.84. The van der Waals surface area contributed by atoms with E-state index in [2.05, 4.69) is 17.0 Å². The van der Waals surface area contributed by atoms with Crippen molar-refractivity contribution in [2.75, 3.05) is 11.6 Å². The van der Waals surface area contributed by atoms with E-state index in [1.54, 1.807) is 23.7 Å². The van der Waals surface area contributed by atoms with Crippen LogP contribution < -0.4 is 9.75 Å². The van der Waals surface area contributed by atoms with Crippen molar-refractivity contribution in [3.8, 4) is 17.0 Å². The number of nitrogens with zero attached hydrogens (tertiary/aromatic N) is 4. The summed E-state index contributed by atoms with van der Waals surface area (Å²) in [6.45, 7) is 4.91. The van der Waals surface area contributed by atoms with Gasteiger partial charge in [0.15, 0.2) is 0 Å². The Hall–Kier alpha value is -2.73. The molecule has 2 heterocycles. The molecule has 0 saturated carbocycles. The Bertz CT molecular complexity index is 893. The number of thiazole rings is 1. The maximum Gasteiger partial charge on any atom is 0.211 e. The van der Waals surface area contributed by atoms with Crippen molar-refractivity contribution in [1.82, 2.24) is 9.97 Å². The Labute approximate surface area is 183 Å². The standard InChI is InChI=1S/C24H30N4OS/c1-3-5-6-7-8-9-17-29-22-14-12-21(13-15-22)28(26-4-2)24-27-23(19-30-24)20-11-10-16-25-18-20/h4,10-16,18-19H,3,5-9,17H2,1-2H3. The number of hydrogen-bond donors (Lipinski definition) is 0. The zero-order valence-electron chi connectivity index (χ0n) is 17.8. The van der Waals surface area contributed by atoms with Gasteiger partial charge in [-0.25, -0.2) is 9.99 Å². The molecule has 0 bridgehead atoms. The first kappa shape index (κ1) is 22.0. The van der Waals surface area contributed by atoms with Crippen LogP contribution in [-0.4, -0.2) is 22.8 Å². The summed E-state index contributed by atoms with van der Waals surface area (Å²) in [6, 6.07) is 12.0. The summed E-state index contributed by atoms with van der Waals surface area (Å²) in [4.78, 5) is 8.92. The second-order valence-corrected chi connectivity index (χ2v) is 7.89. The predicted molar refractivity (Wildman–Crippen MR) is 127 cm³/mol. The van der Waals surface area contributed by atoms with Crippen molar-refractivity contribution in [1.29, 1.82) is 0 Å². The van der Waals surface area contributed by atoms with Crippen molar-refractivity contribution in [3.63, 3.8) is 0 Å². The molecule has 30 heavy (non-hydrogen) atoms. The van der Waals surface area contributed by atoms with Crippen molar-refractivity contribution < 1.29 is 4.74 Å². The maximum absolute atomic E-state index is 5.90. The van der Waals surface area contributed by atoms with E-state index in [1.807, 2.05) is 59.9 Å². The molecule has 5 nitrogen and oxygen atoms in total. The Morgan fingerprint density at radius 2 is 1.87 bits per heavy atom. The van der Waals surface area contributed by atoms with Gasteiger partial charge in [0, 0.05) is 29.6 Å². The Balaban J connectivity index is 1.59. The number of aromatic nitrogens is 2. The van der Waals surface area contributed by atoms with Crippen LogP contribution in [0.4, 0.5) is 10.8 Å². The monoisotopic (exact) mass is 422 g/mol. The van der Waals surface area contributed by atoms with E-state index in [0.29, 0.717) is 0 Å². The number of anilines is 2. The topological polar surface area (TPSA) is 50.6 Å². The van der Waals surface area contributed by atoms with Crippen LogP contribution in [0.3, 0.4) is 0 Å². The third-order valence-electron chi connectivity index (χ3n) is 4.71. The number of hydrazone groups is 1. The molecule has 3 aromatic rings. The molecule has 0 saturated heterocycles. The van der Waals surface area contributed by atoms with Crippen LogP contribution in [-0.2, 0) is 0 Å². The molecule has 2 aromatic heterocycles. The van der Waals surface area contributed by atoms with E-state index in [-0.39, 0.29) is 0 Å². The van der Waals surface area contributed by atoms with Gasteiger partial charge in [0.1, 0.15) is 5.75 Å². The molecule has 0 amide bonds. The van der Waals surface area contributed by atoms with Crippen molar-refractivity contribution in [3.05, 3.63) is 54.2 Å². The molecule has 6 heteroatoms. The second kappa shape index (κ2) is 12.1. The number of pyridine rings is 1. The molecule has 0 N–H and O–H groups in total. The number of benzene rings is 1. The van der Waals surface area contributed by atoms with Gasteiger partial charge >= 0.3 is 0 Å². The highest BCUT2D eigenvalue weighted by Gasteiger charge is 2.13. The molecular formula is C24H30N4OS. The lowest BCUT2D eigenvalue weighted by Crippen LogP contribution is -2.08. The average molecular weight is 423 g/mol. The van der Waals surface area contributed by atoms with Gasteiger partial charge in [-0.15, -0.1) is 11.3 Å². The van der Waals surface area contributed by atoms with Crippen molar-refractivity contribution in [2.24, 2.45) is 5.10 Å². The van der Waals surface area contributed by atoms with Crippen molar-refractivity contribution in [2.45, 2.75) is 52.4 Å². The zero-order valence-corrected chi connectivity index (χ0v) is 18.6. The van der Waals surface area contributed by atoms with Crippen LogP contribution in [0.25, 0.3) is 11.3 Å². The molecule has 0 spiro atoms. The van der Waals surface area contributed by atoms with Gasteiger partial charge in [-0.3, -0.25) is 4.98 Å². The second-order valence-electron chi connectivity index (χ2n) is 7.05. The Morgan fingerprint density at radius 3 is 2.60 bits per heavy atom. The van der Waals surface area contributed by atoms with Crippen LogP contribution >= 0.6 is 11.3 Å². The smallest absolute Gasteiger partial charge is 0.211 e. The molecule has 0 radical (unpaired) electrons. The fourth-order valence-electron chi connectivity index (χ4n) is 3.11. The molecule has 158 valence electrons. The van der Waals surface area contributed by atoms with Crippen molar-refractivity contribution >= 4 is 28.4 Å². The summed E-state index contributed by atoms with van der Waals surface area (Å²) < 4.78 is 5.90. The molecule has 0 aliphatic carbocycles. The largest absolute Gasteiger partial charge is 0.494 e. The minimum absolute atomic E-state index is 0.767. The van der Waals surface area contributed by atoms with E-state index >= 15 is 0 Å². The first-order valence-corrected chi connectivity index (χ1v) is 11.6. The van der Waals surface area contributed by atoms with E-state index < -0.39 is 0 Å². The lowest BCUT2D eigenvalue weighted by atomic mass is 10.1. The number of rotatable bonds is 12. The summed E-state index contributed by atoms with van der Waals surface area (Å²) in [5.41, 5.74) is 2.85. The van der Waals surface area contributed by atoms with Gasteiger partial charge in [-0.05, 0) is 49.7 Å². The van der Waals surface area contributed by atoms with Crippen LogP contribution in [0.2, 0.25) is 0 Å². The lowest BCUT2D eigenvalue weighted by Gasteiger charge is -2.16. The fraction of sp³-hybridized carbons (Fsp3) is 0.375. The van der Waals surface area contributed by atoms with E-state index in [0.717, 1.165) is 40.9 Å². The SMILES string of the molecule is CC=NN(c1ccc(OCCCCCCCC)cc1)c1nc(-c2cccnc2)cs1. The highest BCUT2D eigenvalue weighted by molar-refractivity contribution is 7.14. The van der Waals surface area contributed by atoms with Gasteiger partial charge < -0.3 is 4.74 Å². The molecule has 0 atom stereocenters. The van der Waals surface area contributed by atoms with E-state index in [1.165, 1.54) is 32.1 Å². The maximum atomic E-state index is 5.90. The average Bonchev–Trinajstić information content (AvgIpc) is 3.28. The van der Waals surface area contributed by atoms with E-state index in [9.17, 15) is 0 Å². The highest BCUT2D eigenvalue weighted by Crippen LogP contribution is 2.33. The third-order valence-corrected chi connectivity index (χ3v) is 5.53. The number of hydrogen-bond acceptors (Lipinski definition) is 6. The Morgan fingerprint density at radius 1 is 1.07 bits per heavy atom. The van der Waals surface area contributed by atoms with Gasteiger partial charge in [0.25, 0.3) is 0 Å². The summed E-state index contributed by atoms with van der Waals surface area (Å²) in [5.74, 6) is 0.892. The molecule has 0 unspecified atom stereocenters. The molecule has 0 aliphatic rings. The minimum Gasteiger partial charge on any atom is -0.494 e. The van der Waals surface area contributed by atoms with Gasteiger partial charge in [-0.2, -0.15) is 5.10 Å². The molecule has 1 aromatic carbocycles. The van der Waals surface area contributed by atoms with Gasteiger partial charge in [0.2, 0.25) is 5.13 Å². The summed E-state index contributed by atoms with van der Waals surface area (Å²) in [7, 11) is 0. The number of ether oxygens (including phenoxy) is 1. The summed E-state index contributed by atoms with van der Waals surface area (Å²) in [5, 5.41) is 9.20. The molecule has 0 fully saturated rings. The fourth-order valence-corrected chi connectivity index (χ4v) is 3.92. The van der Waals surface area contributed by atoms with E-state index in [4.69, 9.17) is 9.72 Å².